The Balaban J connectivity index is 1.48. The number of benzene rings is 1. The number of nitrogens with zero attached hydrogens (tertiary/aromatic N) is 4. The van der Waals surface area contributed by atoms with Gasteiger partial charge in [-0.05, 0) is 24.1 Å². The van der Waals surface area contributed by atoms with Crippen molar-refractivity contribution in [3.8, 4) is 5.75 Å². The minimum Gasteiger partial charge on any atom is -0.508 e. The molecule has 6 N–H and O–H groups in total. The van der Waals surface area contributed by atoms with Gasteiger partial charge in [-0.25, -0.2) is 13.8 Å². The van der Waals surface area contributed by atoms with Crippen molar-refractivity contribution >= 4 is 35.0 Å². The molecular weight excluding hydrogens is 494 g/mol. The number of H-pyrrole nitrogens is 1. The number of anilines is 3. The maximum Gasteiger partial charge on any atom is 0.219 e. The van der Waals surface area contributed by atoms with Gasteiger partial charge in [-0.1, -0.05) is 6.92 Å². The highest BCUT2D eigenvalue weighted by Crippen LogP contribution is 2.32. The average Bonchev–Trinajstić information content (AvgIpc) is 3.29. The number of imidazole rings is 1. The van der Waals surface area contributed by atoms with Crippen LogP contribution in [0.4, 0.5) is 26.1 Å². The monoisotopic (exact) mass is 524 g/mol. The van der Waals surface area contributed by atoms with E-state index in [-0.39, 0.29) is 23.9 Å². The molecule has 3 heterocycles. The average molecular weight is 525 g/mol. The van der Waals surface area contributed by atoms with Gasteiger partial charge in [-0.3, -0.25) is 9.78 Å². The van der Waals surface area contributed by atoms with E-state index in [1.165, 1.54) is 25.3 Å². The lowest BCUT2D eigenvalue weighted by Crippen LogP contribution is -2.62. The number of phenolic OH excluding ortho intramolecular Hbond substituents is 1. The third-order valence-electron chi connectivity index (χ3n) is 6.62. The van der Waals surface area contributed by atoms with Crippen LogP contribution in [0.15, 0.2) is 42.9 Å². The first-order valence-electron chi connectivity index (χ1n) is 12.0. The zero-order chi connectivity index (χ0) is 27.6. The third kappa shape index (κ3) is 5.65. The van der Waals surface area contributed by atoms with Crippen LogP contribution >= 0.6 is 0 Å². The Morgan fingerprint density at radius 3 is 2.68 bits per heavy atom. The van der Waals surface area contributed by atoms with Crippen molar-refractivity contribution in [3.05, 3.63) is 65.8 Å². The van der Waals surface area contributed by atoms with Gasteiger partial charge in [-0.2, -0.15) is 0 Å². The fourth-order valence-corrected chi connectivity index (χ4v) is 4.83. The molecule has 1 fully saturated rings. The van der Waals surface area contributed by atoms with Crippen molar-refractivity contribution in [2.75, 3.05) is 30.4 Å². The molecule has 1 aliphatic rings. The number of likely N-dealkylation sites (N-methyl/N-ethyl adjacent to an activating group) is 1. The van der Waals surface area contributed by atoms with Crippen LogP contribution in [-0.2, 0) is 4.79 Å². The number of nitrogens with two attached hydrogens (primary N) is 1. The Hall–Kier alpha value is -4.32. The summed E-state index contributed by atoms with van der Waals surface area (Å²) in [5.74, 6) is -2.10. The quantitative estimate of drug-likeness (QED) is 0.298. The standard InChI is InChI=1S/C26H30F2N8O2/c1-14-12-36(13-21(30)25(14)35(3)15(2)37)23-6-7-31-11-22(23)34-26-32-10-16(33-26)4-5-20(29)24-18(27)8-17(38)9-19(24)28/h4-11,14,21,25,29,38H,12-13,30H2,1-3H3,(H2,32,33,34)/b5-4-,29-20?. The number of halogens is 2. The summed E-state index contributed by atoms with van der Waals surface area (Å²) in [6.07, 6.45) is 7.56. The van der Waals surface area contributed by atoms with Crippen LogP contribution in [0.25, 0.3) is 6.08 Å². The van der Waals surface area contributed by atoms with Crippen molar-refractivity contribution < 1.29 is 18.7 Å². The lowest BCUT2D eigenvalue weighted by atomic mass is 9.88. The molecule has 0 aliphatic carbocycles. The number of phenols is 1. The number of allylic oxidation sites excluding steroid dienone is 1. The molecule has 0 radical (unpaired) electrons. The Kier molecular flexibility index (Phi) is 7.72. The van der Waals surface area contributed by atoms with E-state index in [9.17, 15) is 18.7 Å². The van der Waals surface area contributed by atoms with Gasteiger partial charge in [0.1, 0.15) is 17.4 Å². The summed E-state index contributed by atoms with van der Waals surface area (Å²) in [6.45, 7) is 4.84. The number of aromatic amines is 1. The number of nitrogens with one attached hydrogen (secondary N) is 3. The second-order valence-corrected chi connectivity index (χ2v) is 9.40. The Morgan fingerprint density at radius 1 is 1.32 bits per heavy atom. The summed E-state index contributed by atoms with van der Waals surface area (Å²) in [4.78, 5) is 27.3. The second kappa shape index (κ2) is 11.0. The number of hydrogen-bond donors (Lipinski definition) is 5. The minimum absolute atomic E-state index is 0.0202. The van der Waals surface area contributed by atoms with Crippen LogP contribution in [0, 0.1) is 23.0 Å². The van der Waals surface area contributed by atoms with E-state index in [1.54, 1.807) is 24.3 Å². The topological polar surface area (TPSA) is 147 Å². The van der Waals surface area contributed by atoms with Crippen molar-refractivity contribution in [1.82, 2.24) is 19.9 Å². The smallest absolute Gasteiger partial charge is 0.219 e. The molecule has 1 aliphatic heterocycles. The van der Waals surface area contributed by atoms with Crippen molar-refractivity contribution in [2.45, 2.75) is 25.9 Å². The Morgan fingerprint density at radius 2 is 2.03 bits per heavy atom. The molecule has 0 spiro atoms. The van der Waals surface area contributed by atoms with Crippen molar-refractivity contribution in [3.63, 3.8) is 0 Å². The van der Waals surface area contributed by atoms with Gasteiger partial charge in [0.05, 0.1) is 46.8 Å². The normalized spacial score (nSPS) is 19.5. The lowest BCUT2D eigenvalue weighted by Gasteiger charge is -2.46. The maximum absolute atomic E-state index is 14.0. The van der Waals surface area contributed by atoms with Gasteiger partial charge < -0.3 is 36.4 Å². The molecule has 1 aromatic carbocycles. The Labute approximate surface area is 218 Å². The number of amides is 1. The van der Waals surface area contributed by atoms with Gasteiger partial charge in [0, 0.05) is 51.4 Å². The molecule has 3 aromatic rings. The number of piperidine rings is 1. The van der Waals surface area contributed by atoms with E-state index in [2.05, 4.69) is 32.1 Å². The predicted octanol–water partition coefficient (Wildman–Crippen LogP) is 3.24. The highest BCUT2D eigenvalue weighted by atomic mass is 19.1. The van der Waals surface area contributed by atoms with E-state index < -0.39 is 28.7 Å². The van der Waals surface area contributed by atoms with E-state index in [0.29, 0.717) is 30.4 Å². The van der Waals surface area contributed by atoms with Gasteiger partial charge in [0.25, 0.3) is 0 Å². The SMILES string of the molecule is CC(=O)N(C)C1C(C)CN(c2ccncc2Nc2ncc(/C=C\C(=N)c3c(F)cc(O)cc3F)[nH]2)CC1N. The summed E-state index contributed by atoms with van der Waals surface area (Å²) in [5.41, 5.74) is 7.61. The highest BCUT2D eigenvalue weighted by molar-refractivity contribution is 6.09. The second-order valence-electron chi connectivity index (χ2n) is 9.40. The van der Waals surface area contributed by atoms with E-state index in [1.807, 2.05) is 6.07 Å². The summed E-state index contributed by atoms with van der Waals surface area (Å²) in [6, 6.07) is 3.07. The van der Waals surface area contributed by atoms with Crippen LogP contribution in [-0.4, -0.2) is 68.8 Å². The van der Waals surface area contributed by atoms with Crippen LogP contribution in [0.1, 0.15) is 25.1 Å². The number of aromatic nitrogens is 3. The zero-order valence-electron chi connectivity index (χ0n) is 21.2. The largest absolute Gasteiger partial charge is 0.508 e. The first-order valence-corrected chi connectivity index (χ1v) is 12.0. The van der Waals surface area contributed by atoms with Gasteiger partial charge in [0.2, 0.25) is 11.9 Å². The molecule has 12 heteroatoms. The molecule has 1 amide bonds. The van der Waals surface area contributed by atoms with Gasteiger partial charge in [-0.15, -0.1) is 0 Å². The van der Waals surface area contributed by atoms with E-state index in [4.69, 9.17) is 11.1 Å². The molecule has 2 aromatic heterocycles. The summed E-state index contributed by atoms with van der Waals surface area (Å²) < 4.78 is 28.1. The molecule has 3 unspecified atom stereocenters. The highest BCUT2D eigenvalue weighted by Gasteiger charge is 2.36. The van der Waals surface area contributed by atoms with Gasteiger partial charge >= 0.3 is 0 Å². The van der Waals surface area contributed by atoms with Crippen LogP contribution in [0.5, 0.6) is 5.75 Å². The fourth-order valence-electron chi connectivity index (χ4n) is 4.83. The summed E-state index contributed by atoms with van der Waals surface area (Å²) >= 11 is 0. The van der Waals surface area contributed by atoms with E-state index >= 15 is 0 Å². The van der Waals surface area contributed by atoms with Crippen molar-refractivity contribution in [1.29, 1.82) is 5.41 Å². The van der Waals surface area contributed by atoms with Crippen LogP contribution in [0.3, 0.4) is 0 Å². The maximum atomic E-state index is 14.0. The molecule has 4 rings (SSSR count). The summed E-state index contributed by atoms with van der Waals surface area (Å²) in [5, 5.41) is 20.5. The molecule has 1 saturated heterocycles. The molecule has 10 nitrogen and oxygen atoms in total. The molecule has 3 atom stereocenters. The van der Waals surface area contributed by atoms with E-state index in [0.717, 1.165) is 17.8 Å². The minimum atomic E-state index is -1.03. The molecule has 0 saturated carbocycles. The number of aromatic hydroxyl groups is 1. The predicted molar refractivity (Wildman–Crippen MR) is 142 cm³/mol. The first kappa shape index (κ1) is 26.7. The number of pyridine rings is 1. The molecular formula is C26H30F2N8O2. The first-order chi connectivity index (χ1) is 18.0. The fraction of sp³-hybridized carbons (Fsp3) is 0.308. The third-order valence-corrected chi connectivity index (χ3v) is 6.62. The van der Waals surface area contributed by atoms with Crippen molar-refractivity contribution in [2.24, 2.45) is 11.7 Å². The molecule has 38 heavy (non-hydrogen) atoms. The number of carbonyl (C=O) groups is 1. The number of rotatable bonds is 7. The Bertz CT molecular complexity index is 1340. The number of hydrogen-bond acceptors (Lipinski definition) is 8. The number of carbonyl (C=O) groups excluding carboxylic acids is 1. The zero-order valence-corrected chi connectivity index (χ0v) is 21.2. The lowest BCUT2D eigenvalue weighted by molar-refractivity contribution is -0.131. The molecule has 200 valence electrons. The van der Waals surface area contributed by atoms with Crippen LogP contribution in [0.2, 0.25) is 0 Å². The van der Waals surface area contributed by atoms with Crippen LogP contribution < -0.4 is 16.0 Å². The van der Waals surface area contributed by atoms with Gasteiger partial charge in [0.15, 0.2) is 0 Å². The summed E-state index contributed by atoms with van der Waals surface area (Å²) in [7, 11) is 1.78. The molecule has 0 bridgehead atoms.